The van der Waals surface area contributed by atoms with Gasteiger partial charge in [-0.25, -0.2) is 4.79 Å². The number of cyclic esters (lactones) is 1. The number of benzene rings is 1. The van der Waals surface area contributed by atoms with Gasteiger partial charge in [-0.05, 0) is 30.7 Å². The lowest BCUT2D eigenvalue weighted by Crippen LogP contribution is -2.24. The van der Waals surface area contributed by atoms with E-state index in [-0.39, 0.29) is 18.1 Å². The first-order valence-electron chi connectivity index (χ1n) is 5.94. The van der Waals surface area contributed by atoms with Gasteiger partial charge in [0.25, 0.3) is 0 Å². The first-order chi connectivity index (χ1) is 8.56. The van der Waals surface area contributed by atoms with E-state index in [0.29, 0.717) is 13.0 Å². The zero-order chi connectivity index (χ0) is 12.9. The van der Waals surface area contributed by atoms with Crippen LogP contribution < -0.4 is 9.80 Å². The molecule has 0 aliphatic carbocycles. The second kappa shape index (κ2) is 3.73. The largest absolute Gasteiger partial charge is 0.444 e. The summed E-state index contributed by atoms with van der Waals surface area (Å²) >= 11 is 0. The summed E-state index contributed by atoms with van der Waals surface area (Å²) in [6.45, 7) is 2.42. The van der Waals surface area contributed by atoms with Crippen LogP contribution in [0.25, 0.3) is 0 Å². The van der Waals surface area contributed by atoms with Gasteiger partial charge in [-0.3, -0.25) is 9.69 Å². The third-order valence-corrected chi connectivity index (χ3v) is 3.41. The Kier molecular flexibility index (Phi) is 2.29. The van der Waals surface area contributed by atoms with E-state index in [9.17, 15) is 9.59 Å². The molecule has 0 spiro atoms. The zero-order valence-corrected chi connectivity index (χ0v) is 10.3. The van der Waals surface area contributed by atoms with E-state index < -0.39 is 0 Å². The van der Waals surface area contributed by atoms with Gasteiger partial charge in [0.1, 0.15) is 6.10 Å². The number of ether oxygens (including phenoxy) is 1. The minimum Gasteiger partial charge on any atom is -0.444 e. The minimum absolute atomic E-state index is 0.0829. The molecule has 2 aliphatic rings. The van der Waals surface area contributed by atoms with Crippen LogP contribution in [0.4, 0.5) is 16.2 Å². The van der Waals surface area contributed by atoms with Gasteiger partial charge < -0.3 is 9.64 Å². The molecule has 2 heterocycles. The number of carbonyl (C=O) groups is 2. The van der Waals surface area contributed by atoms with Crippen LogP contribution in [-0.2, 0) is 16.0 Å². The standard InChI is InChI=1S/C13H14N2O3/c1-8-7-15(13(17)18-8)10-3-4-11-9(5-10)6-12(16)14(11)2/h3-5,8H,6-7H2,1-2H3/t8-/m0/s1. The molecule has 5 heteroatoms. The van der Waals surface area contributed by atoms with Gasteiger partial charge >= 0.3 is 6.09 Å². The second-order valence-corrected chi connectivity index (χ2v) is 4.75. The van der Waals surface area contributed by atoms with Crippen LogP contribution in [0.5, 0.6) is 0 Å². The number of anilines is 2. The molecule has 0 unspecified atom stereocenters. The number of rotatable bonds is 1. The molecule has 0 bridgehead atoms. The average molecular weight is 246 g/mol. The predicted octanol–water partition coefficient (Wildman–Crippen LogP) is 1.55. The third-order valence-electron chi connectivity index (χ3n) is 3.41. The van der Waals surface area contributed by atoms with Crippen molar-refractivity contribution in [1.82, 2.24) is 0 Å². The number of nitrogens with zero attached hydrogens (tertiary/aromatic N) is 2. The van der Waals surface area contributed by atoms with Gasteiger partial charge in [0.2, 0.25) is 5.91 Å². The van der Waals surface area contributed by atoms with Crippen molar-refractivity contribution >= 4 is 23.4 Å². The van der Waals surface area contributed by atoms with Gasteiger partial charge in [-0.15, -0.1) is 0 Å². The van der Waals surface area contributed by atoms with Gasteiger partial charge in [0.05, 0.1) is 13.0 Å². The van der Waals surface area contributed by atoms with Crippen LogP contribution in [0, 0.1) is 0 Å². The van der Waals surface area contributed by atoms with Crippen molar-refractivity contribution in [1.29, 1.82) is 0 Å². The van der Waals surface area contributed by atoms with Crippen LogP contribution in [0.15, 0.2) is 18.2 Å². The first-order valence-corrected chi connectivity index (χ1v) is 5.94. The highest BCUT2D eigenvalue weighted by atomic mass is 16.6. The highest BCUT2D eigenvalue weighted by Crippen LogP contribution is 2.32. The summed E-state index contributed by atoms with van der Waals surface area (Å²) in [6, 6.07) is 5.63. The first kappa shape index (κ1) is 11.1. The van der Waals surface area contributed by atoms with Crippen LogP contribution >= 0.6 is 0 Å². The van der Waals surface area contributed by atoms with Gasteiger partial charge in [0, 0.05) is 18.4 Å². The lowest BCUT2D eigenvalue weighted by molar-refractivity contribution is -0.117. The number of carbonyl (C=O) groups excluding carboxylic acids is 2. The van der Waals surface area contributed by atoms with Crippen molar-refractivity contribution in [3.05, 3.63) is 23.8 Å². The fourth-order valence-electron chi connectivity index (χ4n) is 2.44. The Morgan fingerprint density at radius 3 is 2.78 bits per heavy atom. The Morgan fingerprint density at radius 2 is 2.11 bits per heavy atom. The summed E-state index contributed by atoms with van der Waals surface area (Å²) < 4.78 is 5.10. The lowest BCUT2D eigenvalue weighted by atomic mass is 10.1. The van der Waals surface area contributed by atoms with Crippen LogP contribution in [0.1, 0.15) is 12.5 Å². The molecule has 18 heavy (non-hydrogen) atoms. The maximum Gasteiger partial charge on any atom is 0.414 e. The smallest absolute Gasteiger partial charge is 0.414 e. The lowest BCUT2D eigenvalue weighted by Gasteiger charge is -2.15. The quantitative estimate of drug-likeness (QED) is 0.755. The van der Waals surface area contributed by atoms with Gasteiger partial charge in [-0.1, -0.05) is 0 Å². The molecule has 0 saturated carbocycles. The monoisotopic (exact) mass is 246 g/mol. The highest BCUT2D eigenvalue weighted by molar-refractivity contribution is 6.02. The van der Waals surface area contributed by atoms with E-state index in [1.807, 2.05) is 25.1 Å². The summed E-state index contributed by atoms with van der Waals surface area (Å²) in [5.74, 6) is 0.0829. The molecule has 1 aromatic rings. The maximum atomic E-state index is 11.6. The molecule has 0 aromatic heterocycles. The second-order valence-electron chi connectivity index (χ2n) is 4.75. The van der Waals surface area contributed by atoms with E-state index in [2.05, 4.69) is 0 Å². The van der Waals surface area contributed by atoms with E-state index in [1.165, 1.54) is 0 Å². The highest BCUT2D eigenvalue weighted by Gasteiger charge is 2.31. The maximum absolute atomic E-state index is 11.6. The van der Waals surface area contributed by atoms with E-state index in [4.69, 9.17) is 4.74 Å². The van der Waals surface area contributed by atoms with Crippen molar-refractivity contribution < 1.29 is 14.3 Å². The fourth-order valence-corrected chi connectivity index (χ4v) is 2.44. The van der Waals surface area contributed by atoms with Crippen LogP contribution in [0.3, 0.4) is 0 Å². The Hall–Kier alpha value is -2.04. The molecule has 5 nitrogen and oxygen atoms in total. The topological polar surface area (TPSA) is 49.9 Å². The Bertz CT molecular complexity index is 541. The van der Waals surface area contributed by atoms with Crippen LogP contribution in [0.2, 0.25) is 0 Å². The minimum atomic E-state index is -0.319. The van der Waals surface area contributed by atoms with Crippen molar-refractivity contribution in [2.24, 2.45) is 0 Å². The molecule has 2 aliphatic heterocycles. The van der Waals surface area contributed by atoms with Crippen molar-refractivity contribution in [3.63, 3.8) is 0 Å². The molecule has 1 fully saturated rings. The fraction of sp³-hybridized carbons (Fsp3) is 0.385. The Balaban J connectivity index is 1.95. The van der Waals surface area contributed by atoms with Crippen molar-refractivity contribution in [2.75, 3.05) is 23.4 Å². The number of fused-ring (bicyclic) bond motifs is 1. The van der Waals surface area contributed by atoms with Gasteiger partial charge in [0.15, 0.2) is 0 Å². The SMILES string of the molecule is C[C@H]1CN(c2ccc3c(c2)CC(=O)N3C)C(=O)O1. The number of hydrogen-bond donors (Lipinski definition) is 0. The van der Waals surface area contributed by atoms with Gasteiger partial charge in [-0.2, -0.15) is 0 Å². The molecule has 3 rings (SSSR count). The molecule has 2 amide bonds. The Morgan fingerprint density at radius 1 is 1.33 bits per heavy atom. The normalized spacial score (nSPS) is 22.4. The summed E-state index contributed by atoms with van der Waals surface area (Å²) in [4.78, 5) is 26.5. The number of amides is 2. The molecule has 1 atom stereocenters. The third kappa shape index (κ3) is 1.54. The number of hydrogen-bond acceptors (Lipinski definition) is 3. The molecule has 0 radical (unpaired) electrons. The molecule has 0 N–H and O–H groups in total. The van der Waals surface area contributed by atoms with E-state index in [0.717, 1.165) is 16.9 Å². The van der Waals surface area contributed by atoms with E-state index in [1.54, 1.807) is 16.8 Å². The molecule has 1 aromatic carbocycles. The molecule has 94 valence electrons. The Labute approximate surface area is 105 Å². The van der Waals surface area contributed by atoms with Crippen LogP contribution in [-0.4, -0.2) is 31.7 Å². The molecular formula is C13H14N2O3. The zero-order valence-electron chi connectivity index (χ0n) is 10.3. The molecule has 1 saturated heterocycles. The van der Waals surface area contributed by atoms with Crippen molar-refractivity contribution in [3.8, 4) is 0 Å². The van der Waals surface area contributed by atoms with E-state index >= 15 is 0 Å². The van der Waals surface area contributed by atoms with Crippen molar-refractivity contribution in [2.45, 2.75) is 19.4 Å². The summed E-state index contributed by atoms with van der Waals surface area (Å²) in [5.41, 5.74) is 2.68. The summed E-state index contributed by atoms with van der Waals surface area (Å²) in [7, 11) is 1.76. The number of likely N-dealkylation sites (N-methyl/N-ethyl adjacent to an activating group) is 1. The average Bonchev–Trinajstić information content (AvgIpc) is 2.80. The predicted molar refractivity (Wildman–Crippen MR) is 66.8 cm³/mol. The molecular weight excluding hydrogens is 232 g/mol. The summed E-state index contributed by atoms with van der Waals surface area (Å²) in [5, 5.41) is 0. The summed E-state index contributed by atoms with van der Waals surface area (Å²) in [6.07, 6.45) is -0.00633.